The molecule has 0 aromatic carbocycles. The number of nitrogens with one attached hydrogen (secondary N) is 2. The van der Waals surface area contributed by atoms with Gasteiger partial charge in [-0.15, -0.1) is 0 Å². The zero-order valence-electron chi connectivity index (χ0n) is 8.40. The van der Waals surface area contributed by atoms with E-state index in [1.165, 1.54) is 0 Å². The maximum absolute atomic E-state index is 4.37. The molecule has 2 aromatic rings. The second-order valence-corrected chi connectivity index (χ2v) is 3.67. The largest absolute Gasteiger partial charge is 0.353 e. The summed E-state index contributed by atoms with van der Waals surface area (Å²) < 4.78 is 0. The van der Waals surface area contributed by atoms with E-state index >= 15 is 0 Å². The average molecular weight is 203 g/mol. The lowest BCUT2D eigenvalue weighted by Gasteiger charge is -2.28. The standard InChI is InChI=1S/C10H13N5/c1-2-12-9-8(1)10(14-7-13-9)15-5-3-11-4-6-15/h1-2,7,11H,3-6H2,(H,12,13,14). The summed E-state index contributed by atoms with van der Waals surface area (Å²) in [6.45, 7) is 4.07. The summed E-state index contributed by atoms with van der Waals surface area (Å²) in [4.78, 5) is 14.0. The number of aromatic amines is 1. The summed E-state index contributed by atoms with van der Waals surface area (Å²) in [5.41, 5.74) is 0.915. The van der Waals surface area contributed by atoms with E-state index in [2.05, 4.69) is 25.2 Å². The van der Waals surface area contributed by atoms with Crippen molar-refractivity contribution in [3.63, 3.8) is 0 Å². The van der Waals surface area contributed by atoms with Gasteiger partial charge in [-0.2, -0.15) is 0 Å². The molecule has 0 amide bonds. The Morgan fingerprint density at radius 2 is 2.07 bits per heavy atom. The van der Waals surface area contributed by atoms with Crippen LogP contribution >= 0.6 is 0 Å². The highest BCUT2D eigenvalue weighted by atomic mass is 15.2. The van der Waals surface area contributed by atoms with E-state index in [1.54, 1.807) is 6.33 Å². The summed E-state index contributed by atoms with van der Waals surface area (Å²) in [5, 5.41) is 4.44. The second kappa shape index (κ2) is 3.51. The molecule has 3 heterocycles. The predicted molar refractivity (Wildman–Crippen MR) is 59.0 cm³/mol. The number of aromatic nitrogens is 3. The lowest BCUT2D eigenvalue weighted by atomic mass is 10.3. The Bertz CT molecular complexity index is 458. The molecule has 1 aliphatic heterocycles. The minimum Gasteiger partial charge on any atom is -0.353 e. The van der Waals surface area contributed by atoms with Gasteiger partial charge in [0.05, 0.1) is 5.39 Å². The highest BCUT2D eigenvalue weighted by molar-refractivity contribution is 5.87. The SMILES string of the molecule is c1nc(N2CCNCC2)c2cc[nH]c2n1. The quantitative estimate of drug-likeness (QED) is 0.703. The summed E-state index contributed by atoms with van der Waals surface area (Å²) in [6.07, 6.45) is 3.53. The summed E-state index contributed by atoms with van der Waals surface area (Å²) >= 11 is 0. The van der Waals surface area contributed by atoms with Gasteiger partial charge in [0.1, 0.15) is 17.8 Å². The number of piperazine rings is 1. The molecule has 2 aromatic heterocycles. The minimum absolute atomic E-state index is 0.915. The molecule has 3 rings (SSSR count). The number of hydrogen-bond donors (Lipinski definition) is 2. The first kappa shape index (κ1) is 8.67. The van der Waals surface area contributed by atoms with Crippen LogP contribution in [0.15, 0.2) is 18.6 Å². The first-order chi connectivity index (χ1) is 7.45. The van der Waals surface area contributed by atoms with E-state index in [1.807, 2.05) is 12.3 Å². The Kier molecular flexibility index (Phi) is 2.03. The molecule has 0 saturated carbocycles. The molecule has 0 atom stereocenters. The molecular formula is C10H13N5. The van der Waals surface area contributed by atoms with Crippen molar-refractivity contribution in [1.82, 2.24) is 20.3 Å². The molecule has 5 nitrogen and oxygen atoms in total. The van der Waals surface area contributed by atoms with Crippen LogP contribution in [-0.4, -0.2) is 41.1 Å². The topological polar surface area (TPSA) is 56.8 Å². The van der Waals surface area contributed by atoms with Crippen molar-refractivity contribution in [3.8, 4) is 0 Å². The van der Waals surface area contributed by atoms with Crippen molar-refractivity contribution in [2.75, 3.05) is 31.1 Å². The number of anilines is 1. The zero-order chi connectivity index (χ0) is 10.1. The third kappa shape index (κ3) is 1.45. The molecule has 0 bridgehead atoms. The summed E-state index contributed by atoms with van der Waals surface area (Å²) in [6, 6.07) is 2.03. The molecule has 2 N–H and O–H groups in total. The van der Waals surface area contributed by atoms with Gasteiger partial charge < -0.3 is 15.2 Å². The molecule has 1 aliphatic rings. The van der Waals surface area contributed by atoms with Gasteiger partial charge in [-0.05, 0) is 6.07 Å². The summed E-state index contributed by atoms with van der Waals surface area (Å²) in [7, 11) is 0. The van der Waals surface area contributed by atoms with Crippen LogP contribution in [0, 0.1) is 0 Å². The Morgan fingerprint density at radius 1 is 1.20 bits per heavy atom. The monoisotopic (exact) mass is 203 g/mol. The van der Waals surface area contributed by atoms with Crippen molar-refractivity contribution < 1.29 is 0 Å². The maximum Gasteiger partial charge on any atom is 0.142 e. The highest BCUT2D eigenvalue weighted by Crippen LogP contribution is 2.21. The van der Waals surface area contributed by atoms with Crippen molar-refractivity contribution in [1.29, 1.82) is 0 Å². The number of nitrogens with zero attached hydrogens (tertiary/aromatic N) is 3. The van der Waals surface area contributed by atoms with Gasteiger partial charge in [-0.25, -0.2) is 9.97 Å². The highest BCUT2D eigenvalue weighted by Gasteiger charge is 2.14. The predicted octanol–water partition coefficient (Wildman–Crippen LogP) is 0.367. The van der Waals surface area contributed by atoms with Gasteiger partial charge in [0.15, 0.2) is 0 Å². The Balaban J connectivity index is 2.05. The lowest BCUT2D eigenvalue weighted by Crippen LogP contribution is -2.43. The molecule has 1 fully saturated rings. The maximum atomic E-state index is 4.37. The van der Waals surface area contributed by atoms with Crippen LogP contribution in [0.5, 0.6) is 0 Å². The van der Waals surface area contributed by atoms with Crippen LogP contribution in [0.3, 0.4) is 0 Å². The van der Waals surface area contributed by atoms with Crippen molar-refractivity contribution in [2.24, 2.45) is 0 Å². The Morgan fingerprint density at radius 3 is 2.93 bits per heavy atom. The number of rotatable bonds is 1. The third-order valence-corrected chi connectivity index (χ3v) is 2.75. The molecule has 78 valence electrons. The molecule has 0 spiro atoms. The lowest BCUT2D eigenvalue weighted by molar-refractivity contribution is 0.586. The Labute approximate surface area is 87.5 Å². The molecule has 0 unspecified atom stereocenters. The van der Waals surface area contributed by atoms with Gasteiger partial charge in [-0.3, -0.25) is 0 Å². The fourth-order valence-corrected chi connectivity index (χ4v) is 1.99. The molecule has 15 heavy (non-hydrogen) atoms. The first-order valence-electron chi connectivity index (χ1n) is 5.19. The number of fused-ring (bicyclic) bond motifs is 1. The van der Waals surface area contributed by atoms with E-state index in [-0.39, 0.29) is 0 Å². The van der Waals surface area contributed by atoms with Crippen LogP contribution in [0.25, 0.3) is 11.0 Å². The van der Waals surface area contributed by atoms with E-state index in [9.17, 15) is 0 Å². The van der Waals surface area contributed by atoms with E-state index in [0.717, 1.165) is 43.0 Å². The molecular weight excluding hydrogens is 190 g/mol. The van der Waals surface area contributed by atoms with Crippen LogP contribution in [0.4, 0.5) is 5.82 Å². The third-order valence-electron chi connectivity index (χ3n) is 2.75. The average Bonchev–Trinajstić information content (AvgIpc) is 2.78. The molecule has 1 saturated heterocycles. The number of hydrogen-bond acceptors (Lipinski definition) is 4. The van der Waals surface area contributed by atoms with Crippen molar-refractivity contribution in [3.05, 3.63) is 18.6 Å². The summed E-state index contributed by atoms with van der Waals surface area (Å²) in [5.74, 6) is 1.04. The van der Waals surface area contributed by atoms with Gasteiger partial charge in [0, 0.05) is 32.4 Å². The molecule has 0 radical (unpaired) electrons. The van der Waals surface area contributed by atoms with Crippen LogP contribution < -0.4 is 10.2 Å². The minimum atomic E-state index is 0.915. The van der Waals surface area contributed by atoms with E-state index < -0.39 is 0 Å². The zero-order valence-corrected chi connectivity index (χ0v) is 8.40. The smallest absolute Gasteiger partial charge is 0.142 e. The molecule has 5 heteroatoms. The number of H-pyrrole nitrogens is 1. The van der Waals surface area contributed by atoms with Gasteiger partial charge in [0.2, 0.25) is 0 Å². The first-order valence-corrected chi connectivity index (χ1v) is 5.19. The second-order valence-electron chi connectivity index (χ2n) is 3.67. The van der Waals surface area contributed by atoms with Crippen molar-refractivity contribution in [2.45, 2.75) is 0 Å². The fourth-order valence-electron chi connectivity index (χ4n) is 1.99. The normalized spacial score (nSPS) is 17.2. The Hall–Kier alpha value is -1.62. The van der Waals surface area contributed by atoms with E-state index in [0.29, 0.717) is 0 Å². The van der Waals surface area contributed by atoms with Crippen molar-refractivity contribution >= 4 is 16.9 Å². The van der Waals surface area contributed by atoms with Crippen LogP contribution in [-0.2, 0) is 0 Å². The van der Waals surface area contributed by atoms with Gasteiger partial charge >= 0.3 is 0 Å². The van der Waals surface area contributed by atoms with Gasteiger partial charge in [-0.1, -0.05) is 0 Å². The van der Waals surface area contributed by atoms with E-state index in [4.69, 9.17) is 0 Å². The van der Waals surface area contributed by atoms with Crippen LogP contribution in [0.2, 0.25) is 0 Å². The van der Waals surface area contributed by atoms with Crippen LogP contribution in [0.1, 0.15) is 0 Å². The fraction of sp³-hybridized carbons (Fsp3) is 0.400. The van der Waals surface area contributed by atoms with Gasteiger partial charge in [0.25, 0.3) is 0 Å². The molecule has 0 aliphatic carbocycles.